The standard InChI is InChI=1S/C13H17FN2O4/c1-8(16-13(19)15-7-6-11(17)18)12-9(14)4-3-5-10(12)20-2/h3-5,8H,6-7H2,1-2H3,(H,17,18)(H2,15,16,19). The van der Waals surface area contributed by atoms with E-state index in [1.807, 2.05) is 0 Å². The average molecular weight is 284 g/mol. The van der Waals surface area contributed by atoms with Crippen molar-refractivity contribution in [1.29, 1.82) is 0 Å². The fourth-order valence-corrected chi connectivity index (χ4v) is 1.72. The second-order valence-electron chi connectivity index (χ2n) is 4.12. The Morgan fingerprint density at radius 1 is 1.45 bits per heavy atom. The highest BCUT2D eigenvalue weighted by Crippen LogP contribution is 2.27. The summed E-state index contributed by atoms with van der Waals surface area (Å²) in [5.74, 6) is -1.15. The van der Waals surface area contributed by atoms with E-state index in [-0.39, 0.29) is 18.5 Å². The molecule has 3 N–H and O–H groups in total. The van der Waals surface area contributed by atoms with Crippen LogP contribution >= 0.6 is 0 Å². The molecule has 1 atom stereocenters. The molecule has 20 heavy (non-hydrogen) atoms. The van der Waals surface area contributed by atoms with Crippen molar-refractivity contribution < 1.29 is 23.8 Å². The highest BCUT2D eigenvalue weighted by molar-refractivity contribution is 5.75. The number of carboxylic acid groups (broad SMARTS) is 1. The molecule has 0 aliphatic rings. The Bertz CT molecular complexity index is 493. The van der Waals surface area contributed by atoms with Gasteiger partial charge in [-0.25, -0.2) is 9.18 Å². The summed E-state index contributed by atoms with van der Waals surface area (Å²) in [6, 6.07) is 3.20. The number of halogens is 1. The maximum absolute atomic E-state index is 13.8. The number of carbonyl (C=O) groups excluding carboxylic acids is 1. The number of methoxy groups -OCH3 is 1. The van der Waals surface area contributed by atoms with Crippen molar-refractivity contribution in [3.8, 4) is 5.75 Å². The smallest absolute Gasteiger partial charge is 0.315 e. The minimum Gasteiger partial charge on any atom is -0.496 e. The van der Waals surface area contributed by atoms with Gasteiger partial charge in [0.2, 0.25) is 0 Å². The SMILES string of the molecule is COc1cccc(F)c1C(C)NC(=O)NCCC(=O)O. The van der Waals surface area contributed by atoms with Crippen LogP contribution in [-0.2, 0) is 4.79 Å². The van der Waals surface area contributed by atoms with E-state index in [9.17, 15) is 14.0 Å². The number of carbonyl (C=O) groups is 2. The van der Waals surface area contributed by atoms with E-state index >= 15 is 0 Å². The third-order valence-corrected chi connectivity index (χ3v) is 2.64. The summed E-state index contributed by atoms with van der Waals surface area (Å²) in [7, 11) is 1.41. The van der Waals surface area contributed by atoms with Gasteiger partial charge in [0.1, 0.15) is 11.6 Å². The lowest BCUT2D eigenvalue weighted by atomic mass is 10.1. The molecule has 0 bridgehead atoms. The summed E-state index contributed by atoms with van der Waals surface area (Å²) >= 11 is 0. The fourth-order valence-electron chi connectivity index (χ4n) is 1.72. The molecule has 2 amide bonds. The zero-order valence-electron chi connectivity index (χ0n) is 11.3. The van der Waals surface area contributed by atoms with E-state index in [0.717, 1.165) is 0 Å². The van der Waals surface area contributed by atoms with Crippen molar-refractivity contribution in [2.24, 2.45) is 0 Å². The maximum Gasteiger partial charge on any atom is 0.315 e. The first-order chi connectivity index (χ1) is 9.45. The van der Waals surface area contributed by atoms with Gasteiger partial charge in [0, 0.05) is 6.54 Å². The number of nitrogens with one attached hydrogen (secondary N) is 2. The Balaban J connectivity index is 2.64. The molecule has 6 nitrogen and oxygen atoms in total. The molecule has 0 spiro atoms. The number of aliphatic carboxylic acids is 1. The molecule has 1 unspecified atom stereocenters. The quantitative estimate of drug-likeness (QED) is 0.741. The van der Waals surface area contributed by atoms with Gasteiger partial charge < -0.3 is 20.5 Å². The third kappa shape index (κ3) is 4.42. The van der Waals surface area contributed by atoms with Gasteiger partial charge in [0.15, 0.2) is 0 Å². The number of hydrogen-bond donors (Lipinski definition) is 3. The summed E-state index contributed by atoms with van der Waals surface area (Å²) in [5, 5.41) is 13.4. The summed E-state index contributed by atoms with van der Waals surface area (Å²) in [6.45, 7) is 1.61. The topological polar surface area (TPSA) is 87.7 Å². The minimum absolute atomic E-state index is 0.00228. The molecule has 0 saturated carbocycles. The van der Waals surface area contributed by atoms with Crippen LogP contribution in [0.4, 0.5) is 9.18 Å². The summed E-state index contributed by atoms with van der Waals surface area (Å²) in [5.41, 5.74) is 0.239. The lowest BCUT2D eigenvalue weighted by Crippen LogP contribution is -2.38. The molecule has 110 valence electrons. The Hall–Kier alpha value is -2.31. The first kappa shape index (κ1) is 15.7. The Kier molecular flexibility index (Phi) is 5.76. The van der Waals surface area contributed by atoms with Gasteiger partial charge in [0.05, 0.1) is 25.1 Å². The Morgan fingerprint density at radius 3 is 2.75 bits per heavy atom. The van der Waals surface area contributed by atoms with Crippen molar-refractivity contribution in [2.45, 2.75) is 19.4 Å². The monoisotopic (exact) mass is 284 g/mol. The van der Waals surface area contributed by atoms with Crippen molar-refractivity contribution >= 4 is 12.0 Å². The minimum atomic E-state index is -1.01. The first-order valence-corrected chi connectivity index (χ1v) is 6.04. The lowest BCUT2D eigenvalue weighted by Gasteiger charge is -2.18. The maximum atomic E-state index is 13.8. The number of benzene rings is 1. The second kappa shape index (κ2) is 7.32. The molecule has 0 aliphatic carbocycles. The van der Waals surface area contributed by atoms with Crippen LogP contribution in [0.1, 0.15) is 24.9 Å². The molecular formula is C13H17FN2O4. The van der Waals surface area contributed by atoms with Gasteiger partial charge in [-0.15, -0.1) is 0 Å². The zero-order valence-corrected chi connectivity index (χ0v) is 11.3. The van der Waals surface area contributed by atoms with Crippen molar-refractivity contribution in [2.75, 3.05) is 13.7 Å². The van der Waals surface area contributed by atoms with Gasteiger partial charge in [-0.3, -0.25) is 4.79 Å². The largest absolute Gasteiger partial charge is 0.496 e. The van der Waals surface area contributed by atoms with Crippen LogP contribution in [0.3, 0.4) is 0 Å². The van der Waals surface area contributed by atoms with E-state index in [2.05, 4.69) is 10.6 Å². The third-order valence-electron chi connectivity index (χ3n) is 2.64. The van der Waals surface area contributed by atoms with Crippen molar-refractivity contribution in [1.82, 2.24) is 10.6 Å². The molecule has 0 heterocycles. The predicted molar refractivity (Wildman–Crippen MR) is 70.2 cm³/mol. The molecule has 1 rings (SSSR count). The van der Waals surface area contributed by atoms with E-state index in [4.69, 9.17) is 9.84 Å². The van der Waals surface area contributed by atoms with E-state index in [1.165, 1.54) is 19.2 Å². The second-order valence-corrected chi connectivity index (χ2v) is 4.12. The normalized spacial score (nSPS) is 11.6. The number of hydrogen-bond acceptors (Lipinski definition) is 3. The van der Waals surface area contributed by atoms with E-state index in [1.54, 1.807) is 13.0 Å². The zero-order chi connectivity index (χ0) is 15.1. The average Bonchev–Trinajstić information content (AvgIpc) is 2.37. The molecule has 0 radical (unpaired) electrons. The first-order valence-electron chi connectivity index (χ1n) is 6.04. The van der Waals surface area contributed by atoms with Gasteiger partial charge in [-0.2, -0.15) is 0 Å². The van der Waals surface area contributed by atoms with Crippen LogP contribution in [0.2, 0.25) is 0 Å². The number of carboxylic acids is 1. The van der Waals surface area contributed by atoms with Crippen molar-refractivity contribution in [3.63, 3.8) is 0 Å². The Labute approximate surface area is 115 Å². The molecule has 0 aliphatic heterocycles. The highest BCUT2D eigenvalue weighted by Gasteiger charge is 2.18. The highest BCUT2D eigenvalue weighted by atomic mass is 19.1. The molecule has 1 aromatic rings. The number of ether oxygens (including phenoxy) is 1. The van der Waals surface area contributed by atoms with Crippen LogP contribution in [0.5, 0.6) is 5.75 Å². The molecule has 7 heteroatoms. The Morgan fingerprint density at radius 2 is 2.15 bits per heavy atom. The number of urea groups is 1. The van der Waals surface area contributed by atoms with Gasteiger partial charge in [0.25, 0.3) is 0 Å². The van der Waals surface area contributed by atoms with Gasteiger partial charge in [-0.05, 0) is 19.1 Å². The predicted octanol–water partition coefficient (Wildman–Crippen LogP) is 1.67. The molecular weight excluding hydrogens is 267 g/mol. The van der Waals surface area contributed by atoms with Crippen LogP contribution in [0.25, 0.3) is 0 Å². The van der Waals surface area contributed by atoms with E-state index < -0.39 is 23.9 Å². The van der Waals surface area contributed by atoms with Crippen LogP contribution < -0.4 is 15.4 Å². The molecule has 0 fully saturated rings. The molecule has 0 aromatic heterocycles. The lowest BCUT2D eigenvalue weighted by molar-refractivity contribution is -0.136. The number of rotatable bonds is 6. The summed E-state index contributed by atoms with van der Waals surface area (Å²) in [4.78, 5) is 21.9. The van der Waals surface area contributed by atoms with Crippen LogP contribution in [-0.4, -0.2) is 30.8 Å². The summed E-state index contributed by atoms with van der Waals surface area (Å²) in [6.07, 6.45) is -0.176. The van der Waals surface area contributed by atoms with Gasteiger partial charge in [-0.1, -0.05) is 6.07 Å². The van der Waals surface area contributed by atoms with E-state index in [0.29, 0.717) is 5.75 Å². The van der Waals surface area contributed by atoms with Crippen LogP contribution in [0.15, 0.2) is 18.2 Å². The van der Waals surface area contributed by atoms with Gasteiger partial charge >= 0.3 is 12.0 Å². The van der Waals surface area contributed by atoms with Crippen LogP contribution in [0, 0.1) is 5.82 Å². The molecule has 1 aromatic carbocycles. The number of amides is 2. The van der Waals surface area contributed by atoms with Crippen molar-refractivity contribution in [3.05, 3.63) is 29.6 Å². The molecule has 0 saturated heterocycles. The summed E-state index contributed by atoms with van der Waals surface area (Å²) < 4.78 is 18.8. The fraction of sp³-hybridized carbons (Fsp3) is 0.385.